The van der Waals surface area contributed by atoms with Crippen LogP contribution in [-0.4, -0.2) is 29.3 Å². The van der Waals surface area contributed by atoms with Crippen LogP contribution in [0.5, 0.6) is 5.75 Å². The molecule has 146 valence electrons. The van der Waals surface area contributed by atoms with Crippen molar-refractivity contribution in [2.24, 2.45) is 4.99 Å². The summed E-state index contributed by atoms with van der Waals surface area (Å²) in [4.78, 5) is 19.5. The fourth-order valence-electron chi connectivity index (χ4n) is 3.19. The number of benzene rings is 2. The predicted octanol–water partition coefficient (Wildman–Crippen LogP) is 4.75. The number of rotatable bonds is 5. The van der Waals surface area contributed by atoms with E-state index in [1.165, 1.54) is 11.8 Å². The number of nitrogens with zero attached hydrogens (tertiary/aromatic N) is 2. The Morgan fingerprint density at radius 1 is 1.11 bits per heavy atom. The van der Waals surface area contributed by atoms with Gasteiger partial charge in [-0.3, -0.25) is 4.79 Å². The lowest BCUT2D eigenvalue weighted by atomic mass is 10.1. The van der Waals surface area contributed by atoms with Gasteiger partial charge in [0.05, 0.1) is 10.6 Å². The van der Waals surface area contributed by atoms with Gasteiger partial charge in [0.25, 0.3) is 5.91 Å². The van der Waals surface area contributed by atoms with Crippen LogP contribution in [-0.2, 0) is 4.79 Å². The highest BCUT2D eigenvalue weighted by Crippen LogP contribution is 2.32. The number of hydrogen-bond donors (Lipinski definition) is 2. The molecular weight excluding hydrogens is 370 g/mol. The first kappa shape index (κ1) is 20.0. The third kappa shape index (κ3) is 4.57. The third-order valence-corrected chi connectivity index (χ3v) is 5.43. The summed E-state index contributed by atoms with van der Waals surface area (Å²) in [6.45, 7) is 9.93. The Morgan fingerprint density at radius 2 is 1.79 bits per heavy atom. The second-order valence-electron chi connectivity index (χ2n) is 6.74. The second-order valence-corrected chi connectivity index (χ2v) is 7.77. The number of nitrogens with one attached hydrogen (secondary N) is 1. The molecule has 2 aromatic rings. The van der Waals surface area contributed by atoms with Crippen LogP contribution in [0, 0.1) is 13.8 Å². The smallest absolute Gasteiger partial charge is 0.264 e. The van der Waals surface area contributed by atoms with Gasteiger partial charge in [-0.05, 0) is 80.9 Å². The summed E-state index contributed by atoms with van der Waals surface area (Å²) in [5.74, 6) is -0.0506. The molecule has 1 fully saturated rings. The van der Waals surface area contributed by atoms with E-state index in [0.29, 0.717) is 15.6 Å². The number of thioether (sulfide) groups is 1. The van der Waals surface area contributed by atoms with Crippen LogP contribution in [0.1, 0.15) is 30.5 Å². The number of aromatic hydroxyl groups is 1. The van der Waals surface area contributed by atoms with E-state index >= 15 is 0 Å². The number of amidine groups is 1. The number of hydrogen-bond acceptors (Lipinski definition) is 5. The Bertz CT molecular complexity index is 942. The molecule has 1 amide bonds. The van der Waals surface area contributed by atoms with Gasteiger partial charge in [0.15, 0.2) is 5.17 Å². The van der Waals surface area contributed by atoms with Gasteiger partial charge in [0.2, 0.25) is 0 Å². The molecule has 0 unspecified atom stereocenters. The number of phenolic OH excluding ortho intramolecular Hbond substituents is 1. The SMILES string of the molecule is CCN(CC)c1ccc(/C=C2\SC(=Nc3cc(C)cc(C)c3)NC2=O)c(O)c1. The van der Waals surface area contributed by atoms with Crippen molar-refractivity contribution >= 4 is 40.3 Å². The van der Waals surface area contributed by atoms with Crippen LogP contribution in [0.2, 0.25) is 0 Å². The number of anilines is 1. The molecule has 6 heteroatoms. The Hall–Kier alpha value is -2.73. The average Bonchev–Trinajstić information content (AvgIpc) is 2.96. The lowest BCUT2D eigenvalue weighted by Crippen LogP contribution is -2.21. The second kappa shape index (κ2) is 8.52. The quantitative estimate of drug-likeness (QED) is 0.717. The molecule has 1 aliphatic heterocycles. The standard InChI is InChI=1S/C22H25N3O2S/c1-5-25(6-2)18-8-7-16(19(26)13-18)12-20-21(27)24-22(28-20)23-17-10-14(3)9-15(4)11-17/h7-13,26H,5-6H2,1-4H3,(H,23,24,27)/b20-12-. The molecule has 2 aromatic carbocycles. The highest BCUT2D eigenvalue weighted by Gasteiger charge is 2.24. The van der Waals surface area contributed by atoms with Crippen molar-refractivity contribution in [3.05, 3.63) is 58.0 Å². The molecule has 0 atom stereocenters. The summed E-state index contributed by atoms with van der Waals surface area (Å²) in [5, 5.41) is 13.7. The molecule has 0 bridgehead atoms. The number of carbonyl (C=O) groups is 1. The molecule has 2 N–H and O–H groups in total. The summed E-state index contributed by atoms with van der Waals surface area (Å²) >= 11 is 1.28. The fourth-order valence-corrected chi connectivity index (χ4v) is 4.03. The highest BCUT2D eigenvalue weighted by atomic mass is 32.2. The van der Waals surface area contributed by atoms with E-state index in [2.05, 4.69) is 35.1 Å². The minimum absolute atomic E-state index is 0.157. The molecule has 1 aliphatic rings. The topological polar surface area (TPSA) is 64.9 Å². The van der Waals surface area contributed by atoms with E-state index in [-0.39, 0.29) is 11.7 Å². The van der Waals surface area contributed by atoms with Crippen LogP contribution >= 0.6 is 11.8 Å². The molecule has 0 aliphatic carbocycles. The first-order valence-electron chi connectivity index (χ1n) is 9.35. The Morgan fingerprint density at radius 3 is 2.39 bits per heavy atom. The zero-order valence-corrected chi connectivity index (χ0v) is 17.4. The monoisotopic (exact) mass is 395 g/mol. The minimum atomic E-state index is -0.208. The Kier molecular flexibility index (Phi) is 6.09. The van der Waals surface area contributed by atoms with Crippen LogP contribution in [0.25, 0.3) is 6.08 Å². The van der Waals surface area contributed by atoms with Crippen molar-refractivity contribution in [3.63, 3.8) is 0 Å². The lowest BCUT2D eigenvalue weighted by molar-refractivity contribution is -0.115. The predicted molar refractivity (Wildman–Crippen MR) is 118 cm³/mol. The highest BCUT2D eigenvalue weighted by molar-refractivity contribution is 8.18. The summed E-state index contributed by atoms with van der Waals surface area (Å²) < 4.78 is 0. The van der Waals surface area contributed by atoms with Crippen molar-refractivity contribution < 1.29 is 9.90 Å². The van der Waals surface area contributed by atoms with Crippen molar-refractivity contribution in [2.45, 2.75) is 27.7 Å². The molecular formula is C22H25N3O2S. The number of aryl methyl sites for hydroxylation is 2. The number of aliphatic imine (C=N–C) groups is 1. The zero-order chi connectivity index (χ0) is 20.3. The fraction of sp³-hybridized carbons (Fsp3) is 0.273. The Labute approximate surface area is 170 Å². The maximum absolute atomic E-state index is 12.3. The van der Waals surface area contributed by atoms with E-state index in [0.717, 1.165) is 35.6 Å². The first-order chi connectivity index (χ1) is 13.4. The average molecular weight is 396 g/mol. The van der Waals surface area contributed by atoms with E-state index < -0.39 is 0 Å². The molecule has 0 aromatic heterocycles. The van der Waals surface area contributed by atoms with Crippen molar-refractivity contribution in [1.29, 1.82) is 0 Å². The van der Waals surface area contributed by atoms with Crippen molar-refractivity contribution in [2.75, 3.05) is 18.0 Å². The molecule has 5 nitrogen and oxygen atoms in total. The molecule has 28 heavy (non-hydrogen) atoms. The molecule has 1 saturated heterocycles. The van der Waals surface area contributed by atoms with Gasteiger partial charge in [0, 0.05) is 30.4 Å². The van der Waals surface area contributed by atoms with Gasteiger partial charge in [-0.2, -0.15) is 0 Å². The van der Waals surface area contributed by atoms with Crippen LogP contribution in [0.4, 0.5) is 11.4 Å². The van der Waals surface area contributed by atoms with Gasteiger partial charge in [-0.25, -0.2) is 4.99 Å². The zero-order valence-electron chi connectivity index (χ0n) is 16.6. The summed E-state index contributed by atoms with van der Waals surface area (Å²) in [7, 11) is 0. The van der Waals surface area contributed by atoms with Crippen molar-refractivity contribution in [3.8, 4) is 5.75 Å². The van der Waals surface area contributed by atoms with Gasteiger partial charge < -0.3 is 15.3 Å². The number of phenols is 1. The summed E-state index contributed by atoms with van der Waals surface area (Å²) in [5.41, 5.74) is 4.64. The van der Waals surface area contributed by atoms with Crippen molar-refractivity contribution in [1.82, 2.24) is 5.32 Å². The van der Waals surface area contributed by atoms with Gasteiger partial charge in [-0.1, -0.05) is 6.07 Å². The van der Waals surface area contributed by atoms with Gasteiger partial charge in [0.1, 0.15) is 5.75 Å². The van der Waals surface area contributed by atoms with E-state index in [9.17, 15) is 9.90 Å². The van der Waals surface area contributed by atoms with Crippen LogP contribution in [0.15, 0.2) is 46.3 Å². The van der Waals surface area contributed by atoms with Crippen LogP contribution in [0.3, 0.4) is 0 Å². The Balaban J connectivity index is 1.83. The summed E-state index contributed by atoms with van der Waals surface area (Å²) in [6, 6.07) is 11.6. The molecule has 0 radical (unpaired) electrons. The third-order valence-electron chi connectivity index (χ3n) is 4.52. The molecule has 1 heterocycles. The molecule has 0 saturated carbocycles. The maximum atomic E-state index is 12.3. The van der Waals surface area contributed by atoms with Gasteiger partial charge >= 0.3 is 0 Å². The van der Waals surface area contributed by atoms with E-state index in [1.807, 2.05) is 38.1 Å². The maximum Gasteiger partial charge on any atom is 0.264 e. The summed E-state index contributed by atoms with van der Waals surface area (Å²) in [6.07, 6.45) is 1.70. The lowest BCUT2D eigenvalue weighted by Gasteiger charge is -2.21. The number of amides is 1. The largest absolute Gasteiger partial charge is 0.507 e. The van der Waals surface area contributed by atoms with Gasteiger partial charge in [-0.15, -0.1) is 0 Å². The molecule has 3 rings (SSSR count). The first-order valence-corrected chi connectivity index (χ1v) is 10.2. The number of carbonyl (C=O) groups excluding carboxylic acids is 1. The minimum Gasteiger partial charge on any atom is -0.507 e. The van der Waals surface area contributed by atoms with E-state index in [4.69, 9.17) is 0 Å². The van der Waals surface area contributed by atoms with E-state index in [1.54, 1.807) is 12.1 Å². The van der Waals surface area contributed by atoms with Crippen LogP contribution < -0.4 is 10.2 Å². The molecule has 0 spiro atoms. The normalized spacial score (nSPS) is 16.6.